The number of hydrogen-bond donors (Lipinski definition) is 3. The summed E-state index contributed by atoms with van der Waals surface area (Å²) in [7, 11) is 0. The Bertz CT molecular complexity index is 2390. The van der Waals surface area contributed by atoms with E-state index in [4.69, 9.17) is 23.7 Å². The van der Waals surface area contributed by atoms with E-state index in [-0.39, 0.29) is 30.6 Å². The SMILES string of the molecule is CC(=O)O[C@H]1C(=O)[C@@]2(C)C([C@@H](CC(=O)c3ccccc3)[C@]3(O)C[C@H](OC(=O)[C@@H](OC(C)(C)C)[C@H](NC(=O)c4ccccc4)c4ccccc4)C(C)=C1C3(C)C)C1(OC(C)=O)CO[C@@H]1C[C@@H]2O. The fraction of sp³-hybridized carbons (Fsp3) is 0.500. The predicted molar refractivity (Wildman–Crippen MR) is 240 cm³/mol. The van der Waals surface area contributed by atoms with E-state index in [9.17, 15) is 29.4 Å². The molecule has 2 unspecified atom stereocenters. The first-order chi connectivity index (χ1) is 31.0. The molecule has 1 saturated heterocycles. The van der Waals surface area contributed by atoms with Crippen LogP contribution in [0.25, 0.3) is 0 Å². The van der Waals surface area contributed by atoms with Gasteiger partial charge in [-0.25, -0.2) is 4.79 Å². The van der Waals surface area contributed by atoms with Gasteiger partial charge in [0.15, 0.2) is 29.4 Å². The summed E-state index contributed by atoms with van der Waals surface area (Å²) in [5.74, 6) is -6.74. The van der Waals surface area contributed by atoms with Crippen LogP contribution in [0.5, 0.6) is 0 Å². The molecule has 0 radical (unpaired) electrons. The molecule has 3 N–H and O–H groups in total. The van der Waals surface area contributed by atoms with Gasteiger partial charge in [-0.1, -0.05) is 92.7 Å². The van der Waals surface area contributed by atoms with Gasteiger partial charge in [0.05, 0.1) is 35.4 Å². The van der Waals surface area contributed by atoms with Crippen LogP contribution in [0.4, 0.5) is 0 Å². The summed E-state index contributed by atoms with van der Waals surface area (Å²) in [6.45, 7) is 13.9. The van der Waals surface area contributed by atoms with Crippen LogP contribution in [-0.2, 0) is 42.9 Å². The minimum Gasteiger partial charge on any atom is -0.456 e. The number of ketones is 2. The number of esters is 3. The van der Waals surface area contributed by atoms with E-state index in [0.29, 0.717) is 16.7 Å². The van der Waals surface area contributed by atoms with Crippen LogP contribution in [0.3, 0.4) is 0 Å². The molecule has 1 aliphatic heterocycles. The topological polar surface area (TPSA) is 201 Å². The minimum absolute atomic E-state index is 0.122. The molecule has 7 rings (SSSR count). The average molecular weight is 908 g/mol. The van der Waals surface area contributed by atoms with Crippen molar-refractivity contribution in [3.8, 4) is 0 Å². The zero-order valence-electron chi connectivity index (χ0n) is 39.0. The van der Waals surface area contributed by atoms with Crippen LogP contribution >= 0.6 is 0 Å². The molecule has 3 aromatic rings. The van der Waals surface area contributed by atoms with Crippen molar-refractivity contribution >= 4 is 35.4 Å². The summed E-state index contributed by atoms with van der Waals surface area (Å²) >= 11 is 0. The van der Waals surface area contributed by atoms with E-state index in [1.165, 1.54) is 13.8 Å². The zero-order chi connectivity index (χ0) is 48.1. The summed E-state index contributed by atoms with van der Waals surface area (Å²) in [6, 6.07) is 24.6. The lowest BCUT2D eigenvalue weighted by Gasteiger charge is -2.68. The first-order valence-corrected chi connectivity index (χ1v) is 22.5. The molecule has 3 aromatic carbocycles. The first kappa shape index (κ1) is 48.4. The number of hydrogen-bond acceptors (Lipinski definition) is 13. The van der Waals surface area contributed by atoms with E-state index < -0.39 is 118 Å². The van der Waals surface area contributed by atoms with Gasteiger partial charge in [0.25, 0.3) is 5.91 Å². The van der Waals surface area contributed by atoms with Crippen molar-refractivity contribution in [1.29, 1.82) is 0 Å². The van der Waals surface area contributed by atoms with Crippen molar-refractivity contribution in [3.05, 3.63) is 119 Å². The Morgan fingerprint density at radius 2 is 1.42 bits per heavy atom. The van der Waals surface area contributed by atoms with Gasteiger partial charge in [0, 0.05) is 61.5 Å². The van der Waals surface area contributed by atoms with Crippen LogP contribution in [0.15, 0.2) is 102 Å². The molecule has 11 atom stereocenters. The molecule has 4 aliphatic rings. The fourth-order valence-electron chi connectivity index (χ4n) is 11.3. The van der Waals surface area contributed by atoms with E-state index in [1.54, 1.807) is 133 Å². The Morgan fingerprint density at radius 1 is 0.848 bits per heavy atom. The van der Waals surface area contributed by atoms with Crippen molar-refractivity contribution in [3.63, 3.8) is 0 Å². The lowest BCUT2D eigenvalue weighted by molar-refractivity contribution is -0.339. The molecule has 1 amide bonds. The van der Waals surface area contributed by atoms with E-state index in [2.05, 4.69) is 5.32 Å². The Balaban J connectivity index is 1.43. The molecule has 352 valence electrons. The van der Waals surface area contributed by atoms with Crippen molar-refractivity contribution in [1.82, 2.24) is 5.32 Å². The molecule has 3 aliphatic carbocycles. The summed E-state index contributed by atoms with van der Waals surface area (Å²) in [5, 5.41) is 29.2. The minimum atomic E-state index is -2.15. The highest BCUT2D eigenvalue weighted by atomic mass is 16.6. The largest absolute Gasteiger partial charge is 0.456 e. The second-order valence-corrected chi connectivity index (χ2v) is 20.0. The molecule has 2 bridgehead atoms. The Labute approximate surface area is 385 Å². The standard InChI is InChI=1S/C52H61NO13/c1-29-37(64-47(60)43(66-48(4,5)6)41(33-21-15-11-16-22-33)53-46(59)34-23-17-12-18-24-34)27-52(61)35(25-36(56)32-19-13-10-14-20-32)44-50(9,38(57)26-39-51(44,28-62-39)65-31(3)55)45(58)42(63-30(2)54)40(29)49(52,7)8/h10-24,35,37-39,41-44,57,61H,25-28H2,1-9H3,(H,53,59)/t35-,37+,38+,39-,41-,42-,43+,44?,50-,51?,52-/m1/s1. The van der Waals surface area contributed by atoms with Crippen molar-refractivity contribution in [2.45, 2.75) is 135 Å². The molecule has 0 spiro atoms. The summed E-state index contributed by atoms with van der Waals surface area (Å²) in [5.41, 5.74) is -6.62. The Morgan fingerprint density at radius 3 is 1.95 bits per heavy atom. The highest BCUT2D eigenvalue weighted by molar-refractivity contribution is 5.98. The van der Waals surface area contributed by atoms with Gasteiger partial charge in [0.1, 0.15) is 12.2 Å². The van der Waals surface area contributed by atoms with Gasteiger partial charge in [-0.3, -0.25) is 24.0 Å². The van der Waals surface area contributed by atoms with Crippen LogP contribution in [0, 0.1) is 22.7 Å². The monoisotopic (exact) mass is 907 g/mol. The van der Waals surface area contributed by atoms with E-state index in [0.717, 1.165) is 6.92 Å². The maximum Gasteiger partial charge on any atom is 0.338 e. The number of carbonyl (C=O) groups is 6. The molecule has 1 heterocycles. The molecular weight excluding hydrogens is 847 g/mol. The maximum atomic E-state index is 15.7. The van der Waals surface area contributed by atoms with Crippen LogP contribution in [0.2, 0.25) is 0 Å². The lowest BCUT2D eigenvalue weighted by atomic mass is 9.42. The van der Waals surface area contributed by atoms with Crippen molar-refractivity contribution < 1.29 is 62.7 Å². The lowest BCUT2D eigenvalue weighted by Crippen LogP contribution is -2.80. The third-order valence-electron chi connectivity index (χ3n) is 14.4. The Kier molecular flexibility index (Phi) is 13.1. The quantitative estimate of drug-likeness (QED) is 0.0801. The number of ether oxygens (including phenoxy) is 5. The van der Waals surface area contributed by atoms with E-state index in [1.807, 2.05) is 0 Å². The summed E-state index contributed by atoms with van der Waals surface area (Å²) in [6.07, 6.45) is -7.92. The van der Waals surface area contributed by atoms with Crippen LogP contribution < -0.4 is 5.32 Å². The molecule has 14 heteroatoms. The molecule has 2 saturated carbocycles. The van der Waals surface area contributed by atoms with Crippen molar-refractivity contribution in [2.75, 3.05) is 6.61 Å². The number of aliphatic hydroxyl groups excluding tert-OH is 1. The summed E-state index contributed by atoms with van der Waals surface area (Å²) in [4.78, 5) is 85.7. The third kappa shape index (κ3) is 8.53. The molecule has 14 nitrogen and oxygen atoms in total. The fourth-order valence-corrected chi connectivity index (χ4v) is 11.3. The number of benzene rings is 3. The third-order valence-corrected chi connectivity index (χ3v) is 14.4. The van der Waals surface area contributed by atoms with Crippen molar-refractivity contribution in [2.24, 2.45) is 22.7 Å². The molecule has 66 heavy (non-hydrogen) atoms. The average Bonchev–Trinajstić information content (AvgIpc) is 3.26. The number of amides is 1. The first-order valence-electron chi connectivity index (χ1n) is 22.5. The zero-order valence-corrected chi connectivity index (χ0v) is 39.0. The number of rotatable bonds is 12. The van der Waals surface area contributed by atoms with Crippen LogP contribution in [-0.4, -0.2) is 99.5 Å². The van der Waals surface area contributed by atoms with Gasteiger partial charge in [-0.15, -0.1) is 0 Å². The normalized spacial score (nSPS) is 31.0. The van der Waals surface area contributed by atoms with Gasteiger partial charge >= 0.3 is 17.9 Å². The number of fused-ring (bicyclic) bond motifs is 5. The van der Waals surface area contributed by atoms with Gasteiger partial charge in [0.2, 0.25) is 0 Å². The number of aliphatic hydroxyl groups is 2. The second-order valence-electron chi connectivity index (χ2n) is 20.0. The second kappa shape index (κ2) is 17.9. The number of Topliss-reactive ketones (excluding diaryl/α,β-unsaturated/α-hetero) is 2. The molecule has 0 aromatic heterocycles. The highest BCUT2D eigenvalue weighted by Gasteiger charge is 2.77. The van der Waals surface area contributed by atoms with Crippen LogP contribution in [0.1, 0.15) is 114 Å². The van der Waals surface area contributed by atoms with Gasteiger partial charge < -0.3 is 39.2 Å². The predicted octanol–water partition coefficient (Wildman–Crippen LogP) is 6.22. The smallest absolute Gasteiger partial charge is 0.338 e. The number of nitrogens with one attached hydrogen (secondary N) is 1. The molecule has 3 fully saturated rings. The summed E-state index contributed by atoms with van der Waals surface area (Å²) < 4.78 is 31.2. The highest BCUT2D eigenvalue weighted by Crippen LogP contribution is 2.66. The van der Waals surface area contributed by atoms with E-state index >= 15 is 9.59 Å². The van der Waals surface area contributed by atoms with Gasteiger partial charge in [-0.05, 0) is 63.5 Å². The Hall–Kier alpha value is -5.54. The maximum absolute atomic E-state index is 15.7. The number of carbonyl (C=O) groups excluding carboxylic acids is 6. The molecular formula is C52H61NO13. The van der Waals surface area contributed by atoms with Gasteiger partial charge in [-0.2, -0.15) is 0 Å².